The van der Waals surface area contributed by atoms with Gasteiger partial charge in [-0.2, -0.15) is 0 Å². The predicted molar refractivity (Wildman–Crippen MR) is 91.7 cm³/mol. The smallest absolute Gasteiger partial charge is 0.407 e. The van der Waals surface area contributed by atoms with Crippen molar-refractivity contribution >= 4 is 12.1 Å². The van der Waals surface area contributed by atoms with Gasteiger partial charge in [0.2, 0.25) is 0 Å². The maximum atomic E-state index is 11.9. The molecule has 2 unspecified atom stereocenters. The zero-order chi connectivity index (χ0) is 17.7. The first kappa shape index (κ1) is 19.0. The summed E-state index contributed by atoms with van der Waals surface area (Å²) in [6.45, 7) is 7.89. The highest BCUT2D eigenvalue weighted by Gasteiger charge is 2.35. The highest BCUT2D eigenvalue weighted by molar-refractivity contribution is 5.72. The Morgan fingerprint density at radius 2 is 1.75 bits per heavy atom. The summed E-state index contributed by atoms with van der Waals surface area (Å²) >= 11 is 0. The van der Waals surface area contributed by atoms with Gasteiger partial charge < -0.3 is 20.1 Å². The van der Waals surface area contributed by atoms with E-state index in [-0.39, 0.29) is 24.0 Å². The molecular weight excluding hydrogens is 308 g/mol. The second-order valence-electron chi connectivity index (χ2n) is 7.99. The van der Waals surface area contributed by atoms with E-state index in [0.717, 1.165) is 38.5 Å². The highest BCUT2D eigenvalue weighted by Crippen LogP contribution is 2.28. The molecule has 6 nitrogen and oxygen atoms in total. The Morgan fingerprint density at radius 3 is 2.38 bits per heavy atom. The minimum atomic E-state index is -0.463. The van der Waals surface area contributed by atoms with E-state index in [1.54, 1.807) is 0 Å². The third-order valence-electron chi connectivity index (χ3n) is 4.62. The number of hydrogen-bond donors (Lipinski definition) is 2. The number of nitrogens with one attached hydrogen (secondary N) is 2. The van der Waals surface area contributed by atoms with E-state index in [1.807, 2.05) is 27.7 Å². The van der Waals surface area contributed by atoms with Crippen molar-refractivity contribution in [1.29, 1.82) is 0 Å². The van der Waals surface area contributed by atoms with Crippen LogP contribution < -0.4 is 10.6 Å². The molecule has 138 valence electrons. The Morgan fingerprint density at radius 1 is 1.04 bits per heavy atom. The lowest BCUT2D eigenvalue weighted by Gasteiger charge is -2.40. The van der Waals surface area contributed by atoms with Crippen molar-refractivity contribution in [3.63, 3.8) is 0 Å². The molecule has 0 radical (unpaired) electrons. The number of ether oxygens (including phenoxy) is 2. The number of alkyl carbamates (subject to hydrolysis) is 1. The summed E-state index contributed by atoms with van der Waals surface area (Å²) in [4.78, 5) is 23.6. The zero-order valence-electron chi connectivity index (χ0n) is 15.4. The van der Waals surface area contributed by atoms with E-state index >= 15 is 0 Å². The molecule has 6 heteroatoms. The summed E-state index contributed by atoms with van der Waals surface area (Å²) in [7, 11) is 0. The second-order valence-corrected chi connectivity index (χ2v) is 7.99. The van der Waals surface area contributed by atoms with Gasteiger partial charge in [-0.15, -0.1) is 0 Å². The van der Waals surface area contributed by atoms with Gasteiger partial charge in [-0.05, 0) is 59.8 Å². The van der Waals surface area contributed by atoms with Gasteiger partial charge in [0.05, 0.1) is 12.5 Å². The van der Waals surface area contributed by atoms with Crippen molar-refractivity contribution in [3.8, 4) is 0 Å². The number of amides is 1. The van der Waals surface area contributed by atoms with Crippen molar-refractivity contribution in [2.75, 3.05) is 6.61 Å². The molecule has 0 saturated heterocycles. The number of rotatable bonds is 5. The third kappa shape index (κ3) is 5.96. The van der Waals surface area contributed by atoms with E-state index in [1.165, 1.54) is 0 Å². The lowest BCUT2D eigenvalue weighted by atomic mass is 9.82. The Kier molecular flexibility index (Phi) is 6.49. The first-order chi connectivity index (χ1) is 11.3. The number of esters is 1. The van der Waals surface area contributed by atoms with Crippen molar-refractivity contribution in [1.82, 2.24) is 10.6 Å². The highest BCUT2D eigenvalue weighted by atomic mass is 16.6. The first-order valence-electron chi connectivity index (χ1n) is 9.19. The van der Waals surface area contributed by atoms with Crippen molar-refractivity contribution in [2.24, 2.45) is 5.92 Å². The molecule has 0 aromatic rings. The van der Waals surface area contributed by atoms with Crippen LogP contribution in [-0.4, -0.2) is 42.4 Å². The summed E-state index contributed by atoms with van der Waals surface area (Å²) in [6, 6.07) is 0.971. The molecule has 2 N–H and O–H groups in total. The molecule has 0 bridgehead atoms. The number of hydrogen-bond acceptors (Lipinski definition) is 5. The minimum Gasteiger partial charge on any atom is -0.466 e. The predicted octanol–water partition coefficient (Wildman–Crippen LogP) is 2.75. The van der Waals surface area contributed by atoms with Crippen LogP contribution in [0.1, 0.15) is 66.2 Å². The lowest BCUT2D eigenvalue weighted by molar-refractivity contribution is -0.149. The van der Waals surface area contributed by atoms with E-state index in [4.69, 9.17) is 9.47 Å². The molecule has 2 aliphatic rings. The molecule has 2 rings (SSSR count). The summed E-state index contributed by atoms with van der Waals surface area (Å²) in [6.07, 6.45) is 5.46. The van der Waals surface area contributed by atoms with Gasteiger partial charge in [0.15, 0.2) is 0 Å². The van der Waals surface area contributed by atoms with E-state index in [0.29, 0.717) is 18.7 Å². The van der Waals surface area contributed by atoms with Crippen LogP contribution >= 0.6 is 0 Å². The van der Waals surface area contributed by atoms with E-state index in [9.17, 15) is 9.59 Å². The Labute approximate surface area is 145 Å². The van der Waals surface area contributed by atoms with Crippen LogP contribution in [0.5, 0.6) is 0 Å². The monoisotopic (exact) mass is 340 g/mol. The Balaban J connectivity index is 1.66. The average Bonchev–Trinajstić information content (AvgIpc) is 2.43. The van der Waals surface area contributed by atoms with Gasteiger partial charge in [0.25, 0.3) is 0 Å². The van der Waals surface area contributed by atoms with Gasteiger partial charge in [-0.25, -0.2) is 4.79 Å². The van der Waals surface area contributed by atoms with Crippen LogP contribution in [0.4, 0.5) is 4.79 Å². The number of carbonyl (C=O) groups excluding carboxylic acids is 2. The fourth-order valence-corrected chi connectivity index (χ4v) is 3.49. The van der Waals surface area contributed by atoms with Crippen LogP contribution in [0, 0.1) is 5.92 Å². The molecule has 0 aliphatic heterocycles. The normalized spacial score (nSPS) is 30.2. The van der Waals surface area contributed by atoms with Crippen LogP contribution in [0.25, 0.3) is 0 Å². The van der Waals surface area contributed by atoms with E-state index in [2.05, 4.69) is 10.6 Å². The molecule has 0 heterocycles. The molecule has 2 fully saturated rings. The van der Waals surface area contributed by atoms with Crippen LogP contribution in [-0.2, 0) is 14.3 Å². The van der Waals surface area contributed by atoms with Gasteiger partial charge >= 0.3 is 12.1 Å². The summed E-state index contributed by atoms with van der Waals surface area (Å²) in [5.41, 5.74) is -0.463. The Bertz CT molecular complexity index is 441. The average molecular weight is 340 g/mol. The molecule has 0 aromatic carbocycles. The lowest BCUT2D eigenvalue weighted by Crippen LogP contribution is -2.55. The van der Waals surface area contributed by atoms with Gasteiger partial charge in [0.1, 0.15) is 5.60 Å². The molecule has 0 aromatic heterocycles. The van der Waals surface area contributed by atoms with Gasteiger partial charge in [0, 0.05) is 18.1 Å². The van der Waals surface area contributed by atoms with Crippen LogP contribution in [0.3, 0.4) is 0 Å². The van der Waals surface area contributed by atoms with Crippen molar-refractivity contribution in [2.45, 2.75) is 89.9 Å². The molecule has 2 saturated carbocycles. The second kappa shape index (κ2) is 8.19. The third-order valence-corrected chi connectivity index (χ3v) is 4.62. The maximum absolute atomic E-state index is 11.9. The van der Waals surface area contributed by atoms with E-state index < -0.39 is 5.60 Å². The van der Waals surface area contributed by atoms with Crippen LogP contribution in [0.15, 0.2) is 0 Å². The van der Waals surface area contributed by atoms with Crippen molar-refractivity contribution in [3.05, 3.63) is 0 Å². The summed E-state index contributed by atoms with van der Waals surface area (Å²) < 4.78 is 10.4. The zero-order valence-corrected chi connectivity index (χ0v) is 15.4. The number of carbonyl (C=O) groups is 2. The molecule has 1 amide bonds. The largest absolute Gasteiger partial charge is 0.466 e. The first-order valence-corrected chi connectivity index (χ1v) is 9.19. The fourth-order valence-electron chi connectivity index (χ4n) is 3.49. The molecule has 0 spiro atoms. The fraction of sp³-hybridized carbons (Fsp3) is 0.889. The quantitative estimate of drug-likeness (QED) is 0.753. The van der Waals surface area contributed by atoms with Gasteiger partial charge in [-0.1, -0.05) is 6.42 Å². The standard InChI is InChI=1S/C18H32N2O4/c1-5-23-16(21)12-7-6-8-13(9-12)19-14-10-15(11-14)20-17(22)24-18(2,3)4/h12-15,19H,5-11H2,1-4H3,(H,20,22). The molecule has 2 aliphatic carbocycles. The minimum absolute atomic E-state index is 0.0342. The molecule has 2 atom stereocenters. The van der Waals surface area contributed by atoms with Crippen LogP contribution in [0.2, 0.25) is 0 Å². The van der Waals surface area contributed by atoms with Crippen molar-refractivity contribution < 1.29 is 19.1 Å². The maximum Gasteiger partial charge on any atom is 0.407 e. The van der Waals surface area contributed by atoms with Gasteiger partial charge in [-0.3, -0.25) is 4.79 Å². The Hall–Kier alpha value is -1.30. The topological polar surface area (TPSA) is 76.7 Å². The SMILES string of the molecule is CCOC(=O)C1CCCC(NC2CC(NC(=O)OC(C)(C)C)C2)C1. The molecular formula is C18H32N2O4. The summed E-state index contributed by atoms with van der Waals surface area (Å²) in [5.74, 6) is -0.0194. The summed E-state index contributed by atoms with van der Waals surface area (Å²) in [5, 5.41) is 6.54. The molecule has 24 heavy (non-hydrogen) atoms.